The molecule has 1 aliphatic carbocycles. The van der Waals surface area contributed by atoms with Crippen molar-refractivity contribution < 1.29 is 4.79 Å². The normalized spacial score (nSPS) is 26.7. The highest BCUT2D eigenvalue weighted by molar-refractivity contribution is 7.97. The number of carbonyl (C=O) groups is 1. The molecule has 82 valence electrons. The third kappa shape index (κ3) is 2.97. The van der Waals surface area contributed by atoms with E-state index in [-0.39, 0.29) is 0 Å². The van der Waals surface area contributed by atoms with Gasteiger partial charge in [0.25, 0.3) is 0 Å². The third-order valence-corrected chi connectivity index (χ3v) is 5.49. The van der Waals surface area contributed by atoms with Crippen LogP contribution < -0.4 is 0 Å². The second kappa shape index (κ2) is 5.02. The summed E-state index contributed by atoms with van der Waals surface area (Å²) >= 11 is 0. The molecule has 0 radical (unpaired) electrons. The smallest absolute Gasteiger partial charge is 0.211 e. The molecule has 1 atom stereocenters. The lowest BCUT2D eigenvalue weighted by Gasteiger charge is -2.10. The zero-order chi connectivity index (χ0) is 10.7. The molecule has 0 aromatic heterocycles. The number of Topliss-reactive ketones (excluding diaryl/α,β-unsaturated/α-hetero) is 1. The standard InChI is InChI=1S/C13H19OS/c1-11-4-6-12(7-5-11)13(14)10-15-8-2-3-9-15/h4,6-7,11H,2-3,5,8-10H2,1H3/q+1. The summed E-state index contributed by atoms with van der Waals surface area (Å²) in [5, 5.41) is 0. The molecule has 2 heteroatoms. The Bertz CT molecular complexity index is 298. The fourth-order valence-electron chi connectivity index (χ4n) is 2.06. The van der Waals surface area contributed by atoms with Crippen LogP contribution in [0.5, 0.6) is 0 Å². The summed E-state index contributed by atoms with van der Waals surface area (Å²) in [5.74, 6) is 4.38. The predicted octanol–water partition coefficient (Wildman–Crippen LogP) is 2.49. The van der Waals surface area contributed by atoms with Gasteiger partial charge in [0, 0.05) is 5.57 Å². The van der Waals surface area contributed by atoms with Gasteiger partial charge in [0.2, 0.25) is 5.78 Å². The van der Waals surface area contributed by atoms with Crippen molar-refractivity contribution in [3.63, 3.8) is 0 Å². The van der Waals surface area contributed by atoms with Crippen LogP contribution >= 0.6 is 0 Å². The third-order valence-electron chi connectivity index (χ3n) is 3.09. The number of allylic oxidation sites excluding steroid dienone is 4. The van der Waals surface area contributed by atoms with Crippen LogP contribution in [0, 0.1) is 5.92 Å². The topological polar surface area (TPSA) is 17.1 Å². The van der Waals surface area contributed by atoms with Gasteiger partial charge in [-0.1, -0.05) is 25.2 Å². The van der Waals surface area contributed by atoms with Crippen LogP contribution in [0.15, 0.2) is 23.8 Å². The molecule has 2 rings (SSSR count). The predicted molar refractivity (Wildman–Crippen MR) is 67.2 cm³/mol. The molecule has 1 nitrogen and oxygen atoms in total. The van der Waals surface area contributed by atoms with Crippen molar-refractivity contribution in [2.24, 2.45) is 5.92 Å². The molecule has 1 aliphatic heterocycles. The molecule has 0 amide bonds. The molecular weight excluding hydrogens is 204 g/mol. The Kier molecular flexibility index (Phi) is 3.68. The first kappa shape index (κ1) is 11.0. The minimum absolute atomic E-state index is 0.378. The average molecular weight is 223 g/mol. The maximum atomic E-state index is 11.9. The second-order valence-electron chi connectivity index (χ2n) is 4.53. The van der Waals surface area contributed by atoms with Crippen molar-refractivity contribution in [1.29, 1.82) is 0 Å². The van der Waals surface area contributed by atoms with E-state index >= 15 is 0 Å². The summed E-state index contributed by atoms with van der Waals surface area (Å²) in [6.07, 6.45) is 10.0. The molecule has 0 aromatic carbocycles. The van der Waals surface area contributed by atoms with E-state index in [9.17, 15) is 4.79 Å². The fraction of sp³-hybridized carbons (Fsp3) is 0.615. The van der Waals surface area contributed by atoms with Gasteiger partial charge in [-0.15, -0.1) is 0 Å². The van der Waals surface area contributed by atoms with Gasteiger partial charge in [0.1, 0.15) is 11.5 Å². The number of carbonyl (C=O) groups excluding carboxylic acids is 1. The van der Waals surface area contributed by atoms with E-state index in [2.05, 4.69) is 19.1 Å². The zero-order valence-electron chi connectivity index (χ0n) is 9.37. The second-order valence-corrected chi connectivity index (χ2v) is 6.86. The van der Waals surface area contributed by atoms with E-state index in [4.69, 9.17) is 0 Å². The molecule has 1 saturated heterocycles. The molecule has 15 heavy (non-hydrogen) atoms. The van der Waals surface area contributed by atoms with Crippen LogP contribution in [-0.4, -0.2) is 23.0 Å². The van der Waals surface area contributed by atoms with Crippen LogP contribution in [-0.2, 0) is 15.7 Å². The molecule has 1 fully saturated rings. The first-order chi connectivity index (χ1) is 7.25. The van der Waals surface area contributed by atoms with E-state index < -0.39 is 0 Å². The molecule has 0 bridgehead atoms. The van der Waals surface area contributed by atoms with E-state index in [1.165, 1.54) is 24.3 Å². The van der Waals surface area contributed by atoms with Gasteiger partial charge < -0.3 is 0 Å². The molecule has 0 aromatic rings. The highest BCUT2D eigenvalue weighted by Crippen LogP contribution is 2.19. The van der Waals surface area contributed by atoms with Crippen LogP contribution in [0.2, 0.25) is 0 Å². The lowest BCUT2D eigenvalue weighted by atomic mass is 9.97. The number of ketones is 1. The molecular formula is C13H19OS+. The summed E-state index contributed by atoms with van der Waals surface area (Å²) in [4.78, 5) is 11.9. The fourth-order valence-corrected chi connectivity index (χ4v) is 4.32. The lowest BCUT2D eigenvalue weighted by molar-refractivity contribution is -0.113. The zero-order valence-corrected chi connectivity index (χ0v) is 10.2. The molecule has 2 aliphatic rings. The number of hydrogen-bond donors (Lipinski definition) is 0. The van der Waals surface area contributed by atoms with Crippen LogP contribution in [0.1, 0.15) is 26.2 Å². The average Bonchev–Trinajstić information content (AvgIpc) is 2.71. The summed E-state index contributed by atoms with van der Waals surface area (Å²) in [6, 6.07) is 0. The summed E-state index contributed by atoms with van der Waals surface area (Å²) in [5.41, 5.74) is 0.965. The monoisotopic (exact) mass is 223 g/mol. The first-order valence-electron chi connectivity index (χ1n) is 5.81. The summed E-state index contributed by atoms with van der Waals surface area (Å²) in [6.45, 7) is 2.19. The van der Waals surface area contributed by atoms with Crippen molar-refractivity contribution in [2.75, 3.05) is 17.3 Å². The molecule has 1 unspecified atom stereocenters. The van der Waals surface area contributed by atoms with Crippen LogP contribution in [0.4, 0.5) is 0 Å². The molecule has 0 spiro atoms. The Morgan fingerprint density at radius 3 is 2.80 bits per heavy atom. The van der Waals surface area contributed by atoms with Crippen molar-refractivity contribution in [3.05, 3.63) is 23.8 Å². The number of rotatable bonds is 3. The van der Waals surface area contributed by atoms with Gasteiger partial charge >= 0.3 is 0 Å². The van der Waals surface area contributed by atoms with Gasteiger partial charge in [-0.3, -0.25) is 4.79 Å². The minimum atomic E-state index is 0.378. The van der Waals surface area contributed by atoms with Crippen molar-refractivity contribution in [1.82, 2.24) is 0 Å². The maximum absolute atomic E-state index is 11.9. The highest BCUT2D eigenvalue weighted by Gasteiger charge is 2.28. The van der Waals surface area contributed by atoms with E-state index in [0.717, 1.165) is 17.7 Å². The van der Waals surface area contributed by atoms with E-state index in [1.54, 1.807) is 0 Å². The quantitative estimate of drug-likeness (QED) is 0.672. The molecule has 1 heterocycles. The summed E-state index contributed by atoms with van der Waals surface area (Å²) < 4.78 is 0. The Morgan fingerprint density at radius 1 is 1.47 bits per heavy atom. The first-order valence-corrected chi connectivity index (χ1v) is 7.54. The van der Waals surface area contributed by atoms with Crippen LogP contribution in [0.3, 0.4) is 0 Å². The molecule has 0 N–H and O–H groups in total. The van der Waals surface area contributed by atoms with Gasteiger partial charge in [-0.2, -0.15) is 0 Å². The van der Waals surface area contributed by atoms with Crippen molar-refractivity contribution >= 4 is 16.7 Å². The van der Waals surface area contributed by atoms with E-state index in [0.29, 0.717) is 22.6 Å². The highest BCUT2D eigenvalue weighted by atomic mass is 32.2. The Balaban J connectivity index is 1.88. The molecule has 0 saturated carbocycles. The van der Waals surface area contributed by atoms with Crippen molar-refractivity contribution in [2.45, 2.75) is 26.2 Å². The van der Waals surface area contributed by atoms with Gasteiger partial charge in [-0.25, -0.2) is 0 Å². The summed E-state index contributed by atoms with van der Waals surface area (Å²) in [7, 11) is 0.408. The maximum Gasteiger partial charge on any atom is 0.211 e. The lowest BCUT2D eigenvalue weighted by Crippen LogP contribution is -2.19. The van der Waals surface area contributed by atoms with Crippen LogP contribution in [0.25, 0.3) is 0 Å². The largest absolute Gasteiger partial charge is 0.289 e. The van der Waals surface area contributed by atoms with Gasteiger partial charge in [-0.05, 0) is 36.1 Å². The Morgan fingerprint density at radius 2 is 2.20 bits per heavy atom. The minimum Gasteiger partial charge on any atom is -0.289 e. The van der Waals surface area contributed by atoms with Crippen molar-refractivity contribution in [3.8, 4) is 0 Å². The Labute approximate surface area is 95.0 Å². The number of hydrogen-bond acceptors (Lipinski definition) is 1. The SMILES string of the molecule is CC1C=CC(C(=O)C[S+]2CCCC2)=CC1. The Hall–Kier alpha value is -0.500. The van der Waals surface area contributed by atoms with Gasteiger partial charge in [0.15, 0.2) is 5.75 Å². The van der Waals surface area contributed by atoms with Gasteiger partial charge in [0.05, 0.1) is 0 Å². The van der Waals surface area contributed by atoms with E-state index in [1.807, 2.05) is 6.08 Å².